The van der Waals surface area contributed by atoms with E-state index in [0.717, 1.165) is 35.9 Å². The van der Waals surface area contributed by atoms with Gasteiger partial charge in [0.1, 0.15) is 17.2 Å². The largest absolute Gasteiger partial charge is 0.383 e. The van der Waals surface area contributed by atoms with Crippen molar-refractivity contribution in [2.45, 2.75) is 18.9 Å². The second-order valence-electron chi connectivity index (χ2n) is 9.51. The van der Waals surface area contributed by atoms with E-state index in [0.29, 0.717) is 34.2 Å². The molecule has 0 radical (unpaired) electrons. The molecule has 7 rings (SSSR count). The molecule has 5 aromatic heterocycles. The Bertz CT molecular complexity index is 1900. The van der Waals surface area contributed by atoms with Gasteiger partial charge in [0.15, 0.2) is 17.3 Å². The number of carbonyl (C=O) groups is 1. The normalized spacial score (nSPS) is 14.4. The van der Waals surface area contributed by atoms with E-state index in [2.05, 4.69) is 26.4 Å². The predicted octanol–water partition coefficient (Wildman–Crippen LogP) is 4.20. The Morgan fingerprint density at radius 2 is 1.98 bits per heavy atom. The van der Waals surface area contributed by atoms with Gasteiger partial charge >= 0.3 is 0 Å². The summed E-state index contributed by atoms with van der Waals surface area (Å²) in [6.45, 7) is 0. The number of aryl methyl sites for hydroxylation is 1. The zero-order valence-corrected chi connectivity index (χ0v) is 21.1. The molecule has 3 N–H and O–H groups in total. The third-order valence-corrected chi connectivity index (χ3v) is 7.04. The number of rotatable bonds is 5. The van der Waals surface area contributed by atoms with Crippen molar-refractivity contribution in [1.29, 1.82) is 0 Å². The van der Waals surface area contributed by atoms with E-state index < -0.39 is 5.82 Å². The number of nitrogens with two attached hydrogens (primary N) is 1. The van der Waals surface area contributed by atoms with Crippen LogP contribution in [0.3, 0.4) is 0 Å². The number of anilines is 1. The Kier molecular flexibility index (Phi) is 5.55. The van der Waals surface area contributed by atoms with Crippen LogP contribution in [0.1, 0.15) is 33.9 Å². The number of nitrogen functional groups attached to an aromatic ring is 1. The Hall–Kier alpha value is -5.45. The lowest BCUT2D eigenvalue weighted by Crippen LogP contribution is -2.27. The fourth-order valence-electron chi connectivity index (χ4n) is 5.18. The molecule has 0 saturated carbocycles. The molecular formula is C29H22FN9O. The second-order valence-corrected chi connectivity index (χ2v) is 9.51. The topological polar surface area (TPSA) is 129 Å². The first-order chi connectivity index (χ1) is 19.5. The first-order valence-corrected chi connectivity index (χ1v) is 12.7. The van der Waals surface area contributed by atoms with Crippen molar-refractivity contribution in [1.82, 2.24) is 39.6 Å². The van der Waals surface area contributed by atoms with Crippen molar-refractivity contribution in [3.8, 4) is 22.9 Å². The van der Waals surface area contributed by atoms with Crippen LogP contribution in [-0.4, -0.2) is 40.2 Å². The van der Waals surface area contributed by atoms with Crippen LogP contribution >= 0.6 is 0 Å². The molecule has 1 aliphatic rings. The molecule has 1 aliphatic carbocycles. The summed E-state index contributed by atoms with van der Waals surface area (Å²) in [5.41, 5.74) is 11.5. The summed E-state index contributed by atoms with van der Waals surface area (Å²) in [6, 6.07) is 16.4. The molecule has 1 aromatic carbocycles. The fourth-order valence-corrected chi connectivity index (χ4v) is 5.18. The van der Waals surface area contributed by atoms with Crippen molar-refractivity contribution < 1.29 is 9.18 Å². The van der Waals surface area contributed by atoms with Crippen LogP contribution < -0.4 is 11.1 Å². The van der Waals surface area contributed by atoms with E-state index >= 15 is 0 Å². The van der Waals surface area contributed by atoms with Crippen molar-refractivity contribution in [3.05, 3.63) is 108 Å². The first kappa shape index (κ1) is 23.7. The lowest BCUT2D eigenvalue weighted by molar-refractivity contribution is 0.0936. The summed E-state index contributed by atoms with van der Waals surface area (Å²) in [6.07, 6.45) is 9.09. The minimum absolute atomic E-state index is 0.188. The van der Waals surface area contributed by atoms with Gasteiger partial charge in [0.05, 0.1) is 23.4 Å². The monoisotopic (exact) mass is 531 g/mol. The zero-order chi connectivity index (χ0) is 27.2. The molecule has 0 spiro atoms. The van der Waals surface area contributed by atoms with Gasteiger partial charge in [-0.1, -0.05) is 6.07 Å². The van der Waals surface area contributed by atoms with Gasteiger partial charge in [-0.15, -0.1) is 0 Å². The highest BCUT2D eigenvalue weighted by Gasteiger charge is 2.26. The van der Waals surface area contributed by atoms with Crippen molar-refractivity contribution in [2.75, 3.05) is 5.73 Å². The van der Waals surface area contributed by atoms with E-state index in [1.807, 2.05) is 53.2 Å². The van der Waals surface area contributed by atoms with Crippen LogP contribution in [0.4, 0.5) is 10.2 Å². The number of amides is 1. The Balaban J connectivity index is 1.31. The van der Waals surface area contributed by atoms with Gasteiger partial charge in [-0.05, 0) is 72.5 Å². The SMILES string of the molecule is Nc1ncccc1-c1nc2ccc(-n3cccn3)nc2n1-c1ccc2c(c1)CC[C@@H]2NC(=O)c1cncc(F)c1. The number of aromatic nitrogens is 7. The molecule has 5 heterocycles. The number of carbonyl (C=O) groups excluding carboxylic acids is 1. The van der Waals surface area contributed by atoms with E-state index in [1.54, 1.807) is 17.1 Å². The van der Waals surface area contributed by atoms with Gasteiger partial charge in [0.25, 0.3) is 5.91 Å². The van der Waals surface area contributed by atoms with Crippen molar-refractivity contribution >= 4 is 22.9 Å². The molecule has 196 valence electrons. The van der Waals surface area contributed by atoms with Crippen LogP contribution in [0.15, 0.2) is 85.6 Å². The molecule has 0 unspecified atom stereocenters. The van der Waals surface area contributed by atoms with E-state index in [4.69, 9.17) is 15.7 Å². The number of nitrogens with zero attached hydrogens (tertiary/aromatic N) is 7. The van der Waals surface area contributed by atoms with Gasteiger partial charge in [-0.25, -0.2) is 24.0 Å². The van der Waals surface area contributed by atoms with Gasteiger partial charge in [0.2, 0.25) is 0 Å². The fraction of sp³-hybridized carbons (Fsp3) is 0.103. The number of halogens is 1. The summed E-state index contributed by atoms with van der Waals surface area (Å²) in [7, 11) is 0. The summed E-state index contributed by atoms with van der Waals surface area (Å²) in [5.74, 6) is 0.722. The molecule has 6 aromatic rings. The number of imidazole rings is 1. The second kappa shape index (κ2) is 9.38. The highest BCUT2D eigenvalue weighted by atomic mass is 19.1. The standard InChI is InChI=1S/C29H22FN9O/c30-19-13-18(15-32-16-19)29(40)36-23-7-4-17-14-20(5-6-21(17)23)39-27(22-3-1-10-33-26(22)31)35-24-8-9-25(37-28(24)39)38-12-2-11-34-38/h1-3,5-6,8-16,23H,4,7H2,(H2,31,33)(H,36,40)/t23-/m0/s1. The summed E-state index contributed by atoms with van der Waals surface area (Å²) >= 11 is 0. The van der Waals surface area contributed by atoms with Crippen LogP contribution in [0, 0.1) is 5.82 Å². The van der Waals surface area contributed by atoms with Gasteiger partial charge in [-0.2, -0.15) is 5.10 Å². The number of fused-ring (bicyclic) bond motifs is 2. The predicted molar refractivity (Wildman–Crippen MR) is 146 cm³/mol. The maximum absolute atomic E-state index is 13.6. The third-order valence-electron chi connectivity index (χ3n) is 7.04. The van der Waals surface area contributed by atoms with Crippen LogP contribution in [0.2, 0.25) is 0 Å². The minimum Gasteiger partial charge on any atom is -0.383 e. The smallest absolute Gasteiger partial charge is 0.253 e. The Labute approximate surface area is 227 Å². The van der Waals surface area contributed by atoms with Gasteiger partial charge in [-0.3, -0.25) is 14.3 Å². The van der Waals surface area contributed by atoms with Crippen LogP contribution in [-0.2, 0) is 6.42 Å². The minimum atomic E-state index is -0.550. The lowest BCUT2D eigenvalue weighted by atomic mass is 10.1. The first-order valence-electron chi connectivity index (χ1n) is 12.7. The molecule has 0 fully saturated rings. The maximum Gasteiger partial charge on any atom is 0.253 e. The number of pyridine rings is 3. The average molecular weight is 532 g/mol. The highest BCUT2D eigenvalue weighted by molar-refractivity contribution is 5.94. The molecule has 1 atom stereocenters. The number of hydrogen-bond acceptors (Lipinski definition) is 7. The molecule has 10 nitrogen and oxygen atoms in total. The zero-order valence-electron chi connectivity index (χ0n) is 21.1. The van der Waals surface area contributed by atoms with E-state index in [9.17, 15) is 9.18 Å². The maximum atomic E-state index is 13.6. The quantitative estimate of drug-likeness (QED) is 0.341. The van der Waals surface area contributed by atoms with E-state index in [1.165, 1.54) is 12.3 Å². The molecule has 0 aliphatic heterocycles. The summed E-state index contributed by atoms with van der Waals surface area (Å²) in [4.78, 5) is 30.6. The molecule has 40 heavy (non-hydrogen) atoms. The van der Waals surface area contributed by atoms with Crippen LogP contribution in [0.25, 0.3) is 34.1 Å². The Morgan fingerprint density at radius 3 is 2.80 bits per heavy atom. The van der Waals surface area contributed by atoms with Gasteiger partial charge in [0, 0.05) is 30.5 Å². The number of benzene rings is 1. The highest BCUT2D eigenvalue weighted by Crippen LogP contribution is 2.36. The number of hydrogen-bond donors (Lipinski definition) is 2. The van der Waals surface area contributed by atoms with Crippen molar-refractivity contribution in [3.63, 3.8) is 0 Å². The summed E-state index contributed by atoms with van der Waals surface area (Å²) in [5, 5.41) is 7.33. The van der Waals surface area contributed by atoms with Gasteiger partial charge < -0.3 is 11.1 Å². The average Bonchev–Trinajstić information content (AvgIpc) is 3.72. The molecular weight excluding hydrogens is 509 g/mol. The molecule has 0 saturated heterocycles. The van der Waals surface area contributed by atoms with E-state index in [-0.39, 0.29) is 17.5 Å². The number of nitrogens with one attached hydrogen (secondary N) is 1. The van der Waals surface area contributed by atoms with Crippen molar-refractivity contribution in [2.24, 2.45) is 0 Å². The molecule has 1 amide bonds. The van der Waals surface area contributed by atoms with Crippen LogP contribution in [0.5, 0.6) is 0 Å². The lowest BCUT2D eigenvalue weighted by Gasteiger charge is -2.16. The Morgan fingerprint density at radius 1 is 1.05 bits per heavy atom. The summed E-state index contributed by atoms with van der Waals surface area (Å²) < 4.78 is 17.2. The third kappa shape index (κ3) is 4.04. The molecule has 11 heteroatoms. The molecule has 0 bridgehead atoms.